The van der Waals surface area contributed by atoms with Crippen molar-refractivity contribution in [3.8, 4) is 0 Å². The van der Waals surface area contributed by atoms with Crippen LogP contribution in [0.1, 0.15) is 12.5 Å². The van der Waals surface area contributed by atoms with Gasteiger partial charge in [-0.1, -0.05) is 30.3 Å². The Morgan fingerprint density at radius 3 is 2.10 bits per heavy atom. The maximum Gasteiger partial charge on any atom is 0.523 e. The fourth-order valence-electron chi connectivity index (χ4n) is 1.48. The lowest BCUT2D eigenvalue weighted by atomic mass is 10.1. The van der Waals surface area contributed by atoms with E-state index in [0.717, 1.165) is 5.56 Å². The fourth-order valence-corrected chi connectivity index (χ4v) is 4.78. The van der Waals surface area contributed by atoms with Crippen LogP contribution in [-0.2, 0) is 13.7 Å². The van der Waals surface area contributed by atoms with E-state index in [1.54, 1.807) is 37.3 Å². The van der Waals surface area contributed by atoms with E-state index in [1.165, 1.54) is 17.9 Å². The average Bonchev–Trinajstić information content (AvgIpc) is 2.26. The first kappa shape index (κ1) is 17.1. The molecule has 0 aliphatic rings. The quantitative estimate of drug-likeness (QED) is 0.788. The number of halogens is 3. The molecule has 0 aliphatic heterocycles. The minimum Gasteiger partial charge on any atom is -0.210 e. The zero-order chi connectivity index (χ0) is 15.6. The topological polar surface area (TPSA) is 43.4 Å². The highest BCUT2D eigenvalue weighted by atomic mass is 32.3. The molecule has 0 amide bonds. The lowest BCUT2D eigenvalue weighted by molar-refractivity contribution is -0.0495. The summed E-state index contributed by atoms with van der Waals surface area (Å²) in [5.74, 6) is 0. The van der Waals surface area contributed by atoms with Crippen LogP contribution in [0.15, 0.2) is 35.7 Å². The van der Waals surface area contributed by atoms with Gasteiger partial charge in [0.1, 0.15) is 0 Å². The van der Waals surface area contributed by atoms with Crippen LogP contribution in [0.4, 0.5) is 13.2 Å². The van der Waals surface area contributed by atoms with Crippen molar-refractivity contribution in [3.63, 3.8) is 0 Å². The van der Waals surface area contributed by atoms with Gasteiger partial charge in [0.15, 0.2) is 0 Å². The average molecular weight is 328 g/mol. The second-order valence-electron chi connectivity index (χ2n) is 4.44. The Labute approximate surface area is 118 Å². The summed E-state index contributed by atoms with van der Waals surface area (Å²) < 4.78 is 63.3. The first-order chi connectivity index (χ1) is 8.95. The van der Waals surface area contributed by atoms with Gasteiger partial charge in [-0.05, 0) is 36.0 Å². The second-order valence-corrected chi connectivity index (χ2v) is 9.21. The SMILES string of the molecule is C/C(=C\S(C)(C)OS(=O)(=O)C(F)(F)F)c1ccccc1. The number of alkyl halides is 3. The zero-order valence-electron chi connectivity index (χ0n) is 11.1. The Hall–Kier alpha value is -0.990. The Balaban J connectivity index is 3.02. The minimum absolute atomic E-state index is 0.656. The van der Waals surface area contributed by atoms with Crippen molar-refractivity contribution < 1.29 is 25.2 Å². The molecule has 0 saturated heterocycles. The Morgan fingerprint density at radius 1 is 1.15 bits per heavy atom. The van der Waals surface area contributed by atoms with Crippen LogP contribution in [0, 0.1) is 0 Å². The first-order valence-corrected chi connectivity index (χ1v) is 9.29. The number of hydrogen-bond donors (Lipinski definition) is 0. The van der Waals surface area contributed by atoms with E-state index < -0.39 is 25.9 Å². The lowest BCUT2D eigenvalue weighted by Gasteiger charge is -2.27. The molecule has 3 nitrogen and oxygen atoms in total. The van der Waals surface area contributed by atoms with Gasteiger partial charge in [-0.15, -0.1) is 10.3 Å². The van der Waals surface area contributed by atoms with E-state index in [9.17, 15) is 21.6 Å². The van der Waals surface area contributed by atoms with Crippen molar-refractivity contribution in [1.29, 1.82) is 0 Å². The van der Waals surface area contributed by atoms with Crippen molar-refractivity contribution in [3.05, 3.63) is 41.3 Å². The zero-order valence-corrected chi connectivity index (χ0v) is 12.8. The van der Waals surface area contributed by atoms with Gasteiger partial charge in [-0.2, -0.15) is 21.6 Å². The van der Waals surface area contributed by atoms with E-state index in [4.69, 9.17) is 0 Å². The van der Waals surface area contributed by atoms with Crippen LogP contribution in [0.25, 0.3) is 5.57 Å². The normalized spacial score (nSPS) is 15.2. The molecule has 114 valence electrons. The van der Waals surface area contributed by atoms with E-state index >= 15 is 0 Å². The molecule has 0 fully saturated rings. The van der Waals surface area contributed by atoms with Gasteiger partial charge in [-0.25, -0.2) is 3.63 Å². The van der Waals surface area contributed by atoms with Crippen LogP contribution in [0.5, 0.6) is 0 Å². The number of benzene rings is 1. The molecule has 0 unspecified atom stereocenters. The van der Waals surface area contributed by atoms with Crippen LogP contribution in [0.3, 0.4) is 0 Å². The monoisotopic (exact) mass is 328 g/mol. The molecule has 8 heteroatoms. The van der Waals surface area contributed by atoms with Crippen LogP contribution in [-0.4, -0.2) is 26.4 Å². The van der Waals surface area contributed by atoms with Crippen molar-refractivity contribution in [1.82, 2.24) is 0 Å². The van der Waals surface area contributed by atoms with Crippen LogP contribution in [0.2, 0.25) is 0 Å². The third kappa shape index (κ3) is 4.53. The summed E-state index contributed by atoms with van der Waals surface area (Å²) in [5.41, 5.74) is -3.96. The summed E-state index contributed by atoms with van der Waals surface area (Å²) >= 11 is 0. The highest BCUT2D eigenvalue weighted by Crippen LogP contribution is 2.49. The molecule has 1 aromatic carbocycles. The molecule has 0 heterocycles. The maximum absolute atomic E-state index is 12.3. The summed E-state index contributed by atoms with van der Waals surface area (Å²) in [6.45, 7) is 1.69. The molecule has 20 heavy (non-hydrogen) atoms. The first-order valence-electron chi connectivity index (χ1n) is 5.44. The third-order valence-electron chi connectivity index (χ3n) is 2.24. The fraction of sp³-hybridized carbons (Fsp3) is 0.333. The van der Waals surface area contributed by atoms with Gasteiger partial charge in [0, 0.05) is 0 Å². The smallest absolute Gasteiger partial charge is 0.210 e. The molecular weight excluding hydrogens is 313 g/mol. The third-order valence-corrected chi connectivity index (χ3v) is 5.85. The number of allylic oxidation sites excluding steroid dienone is 1. The van der Waals surface area contributed by atoms with Gasteiger partial charge >= 0.3 is 15.6 Å². The van der Waals surface area contributed by atoms with Gasteiger partial charge in [0.05, 0.1) is 0 Å². The highest BCUT2D eigenvalue weighted by Gasteiger charge is 2.49. The molecule has 0 N–H and O–H groups in total. The van der Waals surface area contributed by atoms with Crippen molar-refractivity contribution >= 4 is 26.0 Å². The second kappa shape index (κ2) is 5.79. The largest absolute Gasteiger partial charge is 0.523 e. The standard InChI is InChI=1S/C12H15F3O3S2/c1-10(11-7-5-4-6-8-11)9-19(2,3)18-20(16,17)12(13,14)15/h4-9H,1-3H3/b10-9+. The van der Waals surface area contributed by atoms with Gasteiger partial charge in [0.2, 0.25) is 0 Å². The molecule has 0 atom stereocenters. The molecule has 0 spiro atoms. The number of hydrogen-bond acceptors (Lipinski definition) is 3. The molecule has 0 saturated carbocycles. The Kier molecular flexibility index (Phi) is 4.94. The molecule has 0 bridgehead atoms. The number of rotatable bonds is 4. The van der Waals surface area contributed by atoms with Gasteiger partial charge in [-0.3, -0.25) is 0 Å². The van der Waals surface area contributed by atoms with Crippen LogP contribution >= 0.6 is 10.3 Å². The molecule has 1 rings (SSSR count). The van der Waals surface area contributed by atoms with Crippen LogP contribution < -0.4 is 0 Å². The molecule has 1 aromatic rings. The van der Waals surface area contributed by atoms with E-state index in [2.05, 4.69) is 3.63 Å². The molecule has 0 aromatic heterocycles. The van der Waals surface area contributed by atoms with Crippen molar-refractivity contribution in [2.45, 2.75) is 12.4 Å². The molecular formula is C12H15F3O3S2. The predicted molar refractivity (Wildman–Crippen MR) is 75.6 cm³/mol. The summed E-state index contributed by atoms with van der Waals surface area (Å²) in [7, 11) is -8.13. The van der Waals surface area contributed by atoms with Gasteiger partial charge < -0.3 is 0 Å². The van der Waals surface area contributed by atoms with Gasteiger partial charge in [0.25, 0.3) is 0 Å². The van der Waals surface area contributed by atoms with E-state index in [0.29, 0.717) is 5.57 Å². The van der Waals surface area contributed by atoms with Crippen molar-refractivity contribution in [2.24, 2.45) is 0 Å². The Bertz CT molecular complexity index is 590. The summed E-state index contributed by atoms with van der Waals surface area (Å²) in [4.78, 5) is 0. The lowest BCUT2D eigenvalue weighted by Crippen LogP contribution is -2.26. The maximum atomic E-state index is 12.3. The molecule has 0 aliphatic carbocycles. The highest BCUT2D eigenvalue weighted by molar-refractivity contribution is 8.34. The summed E-state index contributed by atoms with van der Waals surface area (Å²) in [5, 5.41) is 1.42. The summed E-state index contributed by atoms with van der Waals surface area (Å²) in [6.07, 6.45) is 2.67. The van der Waals surface area contributed by atoms with E-state index in [-0.39, 0.29) is 0 Å². The molecule has 0 radical (unpaired) electrons. The predicted octanol–water partition coefficient (Wildman–Crippen LogP) is 3.89. The minimum atomic E-state index is -5.59. The van der Waals surface area contributed by atoms with E-state index in [1.807, 2.05) is 0 Å². The Morgan fingerprint density at radius 2 is 1.65 bits per heavy atom. The van der Waals surface area contributed by atoms with Crippen molar-refractivity contribution in [2.75, 3.05) is 12.5 Å². The summed E-state index contributed by atoms with van der Waals surface area (Å²) in [6, 6.07) is 8.92.